The van der Waals surface area contributed by atoms with Crippen LogP contribution in [0.2, 0.25) is 0 Å². The third-order valence-electron chi connectivity index (χ3n) is 3.21. The lowest BCUT2D eigenvalue weighted by Gasteiger charge is -2.36. The molecule has 6 heteroatoms. The summed E-state index contributed by atoms with van der Waals surface area (Å²) in [5.41, 5.74) is 5.94. The molecule has 0 bridgehead atoms. The monoisotopic (exact) mass is 270 g/mol. The Bertz CT molecular complexity index is 524. The minimum atomic E-state index is -3.43. The number of nitrogens with one attached hydrogen (secondary N) is 1. The van der Waals surface area contributed by atoms with Gasteiger partial charge in [0.15, 0.2) is 0 Å². The number of rotatable bonds is 5. The summed E-state index contributed by atoms with van der Waals surface area (Å²) in [4.78, 5) is 0. The number of sulfonamides is 1. The first kappa shape index (κ1) is 13.3. The first-order valence-electron chi connectivity index (χ1n) is 5.93. The summed E-state index contributed by atoms with van der Waals surface area (Å²) in [6, 6.07) is 6.78. The van der Waals surface area contributed by atoms with Crippen molar-refractivity contribution in [1.82, 2.24) is 4.72 Å². The molecule has 0 amide bonds. The van der Waals surface area contributed by atoms with Crippen LogP contribution in [0.5, 0.6) is 0 Å². The maximum absolute atomic E-state index is 11.8. The van der Waals surface area contributed by atoms with E-state index in [0.717, 1.165) is 6.42 Å². The Labute approximate surface area is 107 Å². The van der Waals surface area contributed by atoms with E-state index in [2.05, 4.69) is 4.72 Å². The highest BCUT2D eigenvalue weighted by Crippen LogP contribution is 2.30. The predicted octanol–water partition coefficient (Wildman–Crippen LogP) is 0.603. The number of nitrogen functional groups attached to an aromatic ring is 1. The van der Waals surface area contributed by atoms with Gasteiger partial charge in [0.05, 0.1) is 11.4 Å². The maximum atomic E-state index is 11.8. The van der Waals surface area contributed by atoms with E-state index < -0.39 is 15.6 Å². The van der Waals surface area contributed by atoms with Crippen LogP contribution in [0, 0.1) is 0 Å². The molecule has 0 aromatic heterocycles. The number of hydrogen-bond donors (Lipinski definition) is 3. The topological polar surface area (TPSA) is 92.4 Å². The summed E-state index contributed by atoms with van der Waals surface area (Å²) in [6.07, 6.45) is 2.27. The molecule has 2 rings (SSSR count). The zero-order chi connectivity index (χ0) is 13.2. The average Bonchev–Trinajstić information content (AvgIpc) is 2.23. The van der Waals surface area contributed by atoms with Crippen molar-refractivity contribution < 1.29 is 13.5 Å². The molecule has 1 fully saturated rings. The molecule has 0 heterocycles. The van der Waals surface area contributed by atoms with Gasteiger partial charge in [-0.25, -0.2) is 13.1 Å². The molecule has 0 atom stereocenters. The smallest absolute Gasteiger partial charge is 0.215 e. The van der Waals surface area contributed by atoms with Gasteiger partial charge in [0, 0.05) is 12.2 Å². The minimum absolute atomic E-state index is 0.0949. The standard InChI is InChI=1S/C12H18N2O3S/c13-11-4-1-3-10(7-11)8-18(16,17)14-9-12(15)5-2-6-12/h1,3-4,7,14-15H,2,5-6,8-9,13H2. The van der Waals surface area contributed by atoms with Gasteiger partial charge in [0.2, 0.25) is 10.0 Å². The lowest BCUT2D eigenvalue weighted by molar-refractivity contribution is -0.0271. The van der Waals surface area contributed by atoms with Crippen molar-refractivity contribution in [3.63, 3.8) is 0 Å². The number of anilines is 1. The fourth-order valence-corrected chi connectivity index (χ4v) is 3.17. The van der Waals surface area contributed by atoms with Crippen LogP contribution in [0.25, 0.3) is 0 Å². The first-order chi connectivity index (χ1) is 8.39. The molecule has 18 heavy (non-hydrogen) atoms. The SMILES string of the molecule is Nc1cccc(CS(=O)(=O)NCC2(O)CCC2)c1. The Morgan fingerprint density at radius 1 is 1.39 bits per heavy atom. The molecule has 0 spiro atoms. The molecule has 100 valence electrons. The summed E-state index contributed by atoms with van der Waals surface area (Å²) in [6.45, 7) is 0.0949. The quantitative estimate of drug-likeness (QED) is 0.683. The lowest BCUT2D eigenvalue weighted by atomic mass is 9.81. The van der Waals surface area contributed by atoms with E-state index in [1.54, 1.807) is 24.3 Å². The van der Waals surface area contributed by atoms with Crippen molar-refractivity contribution in [2.24, 2.45) is 0 Å². The van der Waals surface area contributed by atoms with Crippen LogP contribution >= 0.6 is 0 Å². The van der Waals surface area contributed by atoms with Crippen LogP contribution < -0.4 is 10.5 Å². The summed E-state index contributed by atoms with van der Waals surface area (Å²) in [5.74, 6) is -0.117. The summed E-state index contributed by atoms with van der Waals surface area (Å²) in [5, 5.41) is 9.84. The van der Waals surface area contributed by atoms with Gasteiger partial charge in [-0.1, -0.05) is 12.1 Å². The van der Waals surface area contributed by atoms with Crippen molar-refractivity contribution in [2.45, 2.75) is 30.6 Å². The number of benzene rings is 1. The van der Waals surface area contributed by atoms with Crippen LogP contribution in [0.3, 0.4) is 0 Å². The molecule has 1 aliphatic rings. The number of hydrogen-bond acceptors (Lipinski definition) is 4. The van der Waals surface area contributed by atoms with E-state index in [4.69, 9.17) is 5.73 Å². The van der Waals surface area contributed by atoms with Crippen LogP contribution in [0.4, 0.5) is 5.69 Å². The van der Waals surface area contributed by atoms with E-state index in [9.17, 15) is 13.5 Å². The zero-order valence-corrected chi connectivity index (χ0v) is 10.9. The van der Waals surface area contributed by atoms with Gasteiger partial charge in [0.25, 0.3) is 0 Å². The van der Waals surface area contributed by atoms with Crippen LogP contribution in [-0.2, 0) is 15.8 Å². The fraction of sp³-hybridized carbons (Fsp3) is 0.500. The highest BCUT2D eigenvalue weighted by atomic mass is 32.2. The van der Waals surface area contributed by atoms with Gasteiger partial charge in [-0.2, -0.15) is 0 Å². The first-order valence-corrected chi connectivity index (χ1v) is 7.58. The van der Waals surface area contributed by atoms with E-state index in [0.29, 0.717) is 24.1 Å². The molecule has 0 unspecified atom stereocenters. The van der Waals surface area contributed by atoms with Gasteiger partial charge in [0.1, 0.15) is 0 Å². The van der Waals surface area contributed by atoms with Gasteiger partial charge in [-0.15, -0.1) is 0 Å². The highest BCUT2D eigenvalue weighted by molar-refractivity contribution is 7.88. The molecule has 0 saturated heterocycles. The molecule has 1 aromatic carbocycles. The molecule has 5 nitrogen and oxygen atoms in total. The van der Waals surface area contributed by atoms with Crippen molar-refractivity contribution in [3.05, 3.63) is 29.8 Å². The third-order valence-corrected chi connectivity index (χ3v) is 4.51. The normalized spacial score (nSPS) is 18.3. The Hall–Kier alpha value is -1.11. The van der Waals surface area contributed by atoms with Crippen molar-refractivity contribution in [2.75, 3.05) is 12.3 Å². The van der Waals surface area contributed by atoms with Crippen LogP contribution in [0.15, 0.2) is 24.3 Å². The summed E-state index contributed by atoms with van der Waals surface area (Å²) >= 11 is 0. The molecule has 1 aromatic rings. The second-order valence-corrected chi connectivity index (χ2v) is 6.71. The largest absolute Gasteiger partial charge is 0.399 e. The minimum Gasteiger partial charge on any atom is -0.399 e. The Morgan fingerprint density at radius 2 is 2.11 bits per heavy atom. The van der Waals surface area contributed by atoms with Gasteiger partial charge < -0.3 is 10.8 Å². The Morgan fingerprint density at radius 3 is 2.67 bits per heavy atom. The molecule has 1 saturated carbocycles. The van der Waals surface area contributed by atoms with E-state index >= 15 is 0 Å². The van der Waals surface area contributed by atoms with E-state index in [-0.39, 0.29) is 12.3 Å². The van der Waals surface area contributed by atoms with Gasteiger partial charge in [-0.05, 0) is 37.0 Å². The molecule has 4 N–H and O–H groups in total. The van der Waals surface area contributed by atoms with Crippen LogP contribution in [0.1, 0.15) is 24.8 Å². The molecule has 0 aliphatic heterocycles. The van der Waals surface area contributed by atoms with E-state index in [1.165, 1.54) is 0 Å². The fourth-order valence-electron chi connectivity index (χ4n) is 1.96. The Balaban J connectivity index is 1.95. The van der Waals surface area contributed by atoms with Crippen molar-refractivity contribution in [1.29, 1.82) is 0 Å². The second kappa shape index (κ2) is 4.87. The van der Waals surface area contributed by atoms with E-state index in [1.807, 2.05) is 0 Å². The summed E-state index contributed by atoms with van der Waals surface area (Å²) < 4.78 is 26.1. The van der Waals surface area contributed by atoms with Crippen molar-refractivity contribution >= 4 is 15.7 Å². The Kier molecular flexibility index (Phi) is 3.61. The highest BCUT2D eigenvalue weighted by Gasteiger charge is 2.35. The second-order valence-electron chi connectivity index (χ2n) is 4.90. The molecular formula is C12H18N2O3S. The predicted molar refractivity (Wildman–Crippen MR) is 70.3 cm³/mol. The summed E-state index contributed by atoms with van der Waals surface area (Å²) in [7, 11) is -3.43. The third kappa shape index (κ3) is 3.44. The average molecular weight is 270 g/mol. The van der Waals surface area contributed by atoms with Gasteiger partial charge >= 0.3 is 0 Å². The molecular weight excluding hydrogens is 252 g/mol. The zero-order valence-electron chi connectivity index (χ0n) is 10.1. The van der Waals surface area contributed by atoms with Crippen LogP contribution in [-0.4, -0.2) is 25.7 Å². The maximum Gasteiger partial charge on any atom is 0.215 e. The van der Waals surface area contributed by atoms with Crippen molar-refractivity contribution in [3.8, 4) is 0 Å². The number of aliphatic hydroxyl groups is 1. The van der Waals surface area contributed by atoms with Gasteiger partial charge in [-0.3, -0.25) is 0 Å². The number of nitrogens with two attached hydrogens (primary N) is 1. The molecule has 1 aliphatic carbocycles. The molecule has 0 radical (unpaired) electrons. The lowest BCUT2D eigenvalue weighted by Crippen LogP contribution is -2.47.